The molecule has 24 heavy (non-hydrogen) atoms. The van der Waals surface area contributed by atoms with E-state index in [4.69, 9.17) is 16.0 Å². The second-order valence-electron chi connectivity index (χ2n) is 5.01. The first-order chi connectivity index (χ1) is 11.3. The van der Waals surface area contributed by atoms with Crippen LogP contribution in [-0.4, -0.2) is 13.4 Å². The zero-order chi connectivity index (χ0) is 17.3. The number of sulfonamides is 1. The highest BCUT2D eigenvalue weighted by atomic mass is 35.5. The molecule has 0 unspecified atom stereocenters. The minimum Gasteiger partial charge on any atom is -0.449 e. The van der Waals surface area contributed by atoms with Crippen molar-refractivity contribution in [3.63, 3.8) is 0 Å². The van der Waals surface area contributed by atoms with Crippen molar-refractivity contribution < 1.29 is 17.2 Å². The summed E-state index contributed by atoms with van der Waals surface area (Å²) in [7, 11) is -3.92. The van der Waals surface area contributed by atoms with Crippen molar-refractivity contribution in [3.8, 4) is 11.3 Å². The number of aromatic nitrogens is 1. The highest BCUT2D eigenvalue weighted by Gasteiger charge is 2.17. The molecule has 0 saturated carbocycles. The highest BCUT2D eigenvalue weighted by molar-refractivity contribution is 7.92. The average molecular weight is 367 g/mol. The Balaban J connectivity index is 1.87. The summed E-state index contributed by atoms with van der Waals surface area (Å²) < 4.78 is 45.8. The van der Waals surface area contributed by atoms with Gasteiger partial charge in [-0.1, -0.05) is 23.7 Å². The van der Waals surface area contributed by atoms with Gasteiger partial charge >= 0.3 is 0 Å². The number of rotatable bonds is 4. The quantitative estimate of drug-likeness (QED) is 0.749. The average Bonchev–Trinajstić information content (AvgIpc) is 2.97. The summed E-state index contributed by atoms with van der Waals surface area (Å²) in [5.41, 5.74) is 1.15. The third-order valence-electron chi connectivity index (χ3n) is 3.25. The molecule has 0 bridgehead atoms. The smallest absolute Gasteiger partial charge is 0.261 e. The number of aryl methyl sites for hydroxylation is 1. The molecule has 0 saturated heterocycles. The molecule has 0 radical (unpaired) electrons. The third kappa shape index (κ3) is 3.42. The third-order valence-corrected chi connectivity index (χ3v) is 4.87. The normalized spacial score (nSPS) is 11.5. The maximum absolute atomic E-state index is 13.8. The number of hydrogen-bond donors (Lipinski definition) is 1. The summed E-state index contributed by atoms with van der Waals surface area (Å²) in [4.78, 5) is 4.17. The second kappa shape index (κ2) is 6.26. The zero-order valence-corrected chi connectivity index (χ0v) is 14.0. The van der Waals surface area contributed by atoms with Crippen LogP contribution in [0, 0.1) is 12.7 Å². The monoisotopic (exact) mass is 366 g/mol. The number of nitrogens with one attached hydrogen (secondary N) is 1. The molecular weight excluding hydrogens is 355 g/mol. The SMILES string of the molecule is Cc1nc(-c2ccc(S(=O)(=O)Nc3ccc(Cl)cc3F)cc2)co1. The van der Waals surface area contributed by atoms with E-state index in [0.29, 0.717) is 17.1 Å². The predicted molar refractivity (Wildman–Crippen MR) is 88.9 cm³/mol. The molecular formula is C16H12ClFN2O3S. The number of benzene rings is 2. The van der Waals surface area contributed by atoms with Gasteiger partial charge in [-0.25, -0.2) is 17.8 Å². The number of hydrogen-bond acceptors (Lipinski definition) is 4. The van der Waals surface area contributed by atoms with E-state index in [2.05, 4.69) is 9.71 Å². The summed E-state index contributed by atoms with van der Waals surface area (Å²) in [6.07, 6.45) is 1.49. The van der Waals surface area contributed by atoms with E-state index in [9.17, 15) is 12.8 Å². The van der Waals surface area contributed by atoms with Crippen molar-refractivity contribution in [1.82, 2.24) is 4.98 Å². The Morgan fingerprint density at radius 2 is 1.88 bits per heavy atom. The van der Waals surface area contributed by atoms with Gasteiger partial charge < -0.3 is 4.42 Å². The zero-order valence-electron chi connectivity index (χ0n) is 12.5. The lowest BCUT2D eigenvalue weighted by molar-refractivity contribution is 0.521. The Bertz CT molecular complexity index is 985. The van der Waals surface area contributed by atoms with Gasteiger partial charge in [-0.15, -0.1) is 0 Å². The van der Waals surface area contributed by atoms with Gasteiger partial charge in [0.1, 0.15) is 17.8 Å². The number of nitrogens with zero attached hydrogens (tertiary/aromatic N) is 1. The summed E-state index contributed by atoms with van der Waals surface area (Å²) in [6, 6.07) is 9.73. The predicted octanol–water partition coefficient (Wildman–Crippen LogP) is 4.24. The van der Waals surface area contributed by atoms with Gasteiger partial charge in [0.2, 0.25) is 0 Å². The van der Waals surface area contributed by atoms with Crippen molar-refractivity contribution >= 4 is 27.3 Å². The Morgan fingerprint density at radius 3 is 2.46 bits per heavy atom. The molecule has 5 nitrogen and oxygen atoms in total. The minimum absolute atomic E-state index is 0.000756. The molecule has 0 aliphatic rings. The van der Waals surface area contributed by atoms with Gasteiger partial charge in [0.15, 0.2) is 5.89 Å². The molecule has 3 rings (SSSR count). The van der Waals surface area contributed by atoms with Crippen molar-refractivity contribution in [1.29, 1.82) is 0 Å². The summed E-state index contributed by atoms with van der Waals surface area (Å²) in [5, 5.41) is 0.183. The first-order valence-electron chi connectivity index (χ1n) is 6.85. The lowest BCUT2D eigenvalue weighted by atomic mass is 10.2. The summed E-state index contributed by atoms with van der Waals surface area (Å²) in [5.74, 6) is -0.234. The van der Waals surface area contributed by atoms with Crippen LogP contribution in [0.15, 0.2) is 58.0 Å². The van der Waals surface area contributed by atoms with Crippen LogP contribution in [0.2, 0.25) is 5.02 Å². The van der Waals surface area contributed by atoms with Crippen LogP contribution in [-0.2, 0) is 10.0 Å². The molecule has 1 aromatic heterocycles. The van der Waals surface area contributed by atoms with Gasteiger partial charge in [0, 0.05) is 17.5 Å². The molecule has 0 aliphatic carbocycles. The largest absolute Gasteiger partial charge is 0.449 e. The molecule has 0 atom stereocenters. The van der Waals surface area contributed by atoms with Gasteiger partial charge in [0.25, 0.3) is 10.0 Å². The van der Waals surface area contributed by atoms with Crippen LogP contribution in [0.4, 0.5) is 10.1 Å². The number of anilines is 1. The van der Waals surface area contributed by atoms with E-state index in [0.717, 1.165) is 6.07 Å². The molecule has 8 heteroatoms. The second-order valence-corrected chi connectivity index (χ2v) is 7.12. The minimum atomic E-state index is -3.92. The Morgan fingerprint density at radius 1 is 1.17 bits per heavy atom. The van der Waals surface area contributed by atoms with Gasteiger partial charge in [-0.3, -0.25) is 4.72 Å². The van der Waals surface area contributed by atoms with Crippen molar-refractivity contribution in [2.45, 2.75) is 11.8 Å². The van der Waals surface area contributed by atoms with Crippen molar-refractivity contribution in [3.05, 3.63) is 65.5 Å². The summed E-state index contributed by atoms with van der Waals surface area (Å²) in [6.45, 7) is 1.72. The van der Waals surface area contributed by atoms with E-state index < -0.39 is 15.8 Å². The molecule has 1 heterocycles. The Hall–Kier alpha value is -2.38. The standard InChI is InChI=1S/C16H12ClFN2O3S/c1-10-19-16(9-23-10)11-2-5-13(6-3-11)24(21,22)20-15-7-4-12(17)8-14(15)18/h2-9,20H,1H3. The molecule has 1 N–H and O–H groups in total. The Labute approximate surface area is 143 Å². The summed E-state index contributed by atoms with van der Waals surface area (Å²) >= 11 is 5.65. The fourth-order valence-electron chi connectivity index (χ4n) is 2.08. The van der Waals surface area contributed by atoms with Crippen LogP contribution in [0.1, 0.15) is 5.89 Å². The van der Waals surface area contributed by atoms with Crippen LogP contribution in [0.5, 0.6) is 0 Å². The van der Waals surface area contributed by atoms with E-state index in [1.165, 1.54) is 30.5 Å². The molecule has 0 aliphatic heterocycles. The van der Waals surface area contributed by atoms with Crippen LogP contribution in [0.25, 0.3) is 11.3 Å². The van der Waals surface area contributed by atoms with Crippen molar-refractivity contribution in [2.75, 3.05) is 4.72 Å². The van der Waals surface area contributed by atoms with Crippen LogP contribution in [0.3, 0.4) is 0 Å². The fourth-order valence-corrected chi connectivity index (χ4v) is 3.30. The van der Waals surface area contributed by atoms with Crippen molar-refractivity contribution in [2.24, 2.45) is 0 Å². The molecule has 0 spiro atoms. The number of oxazole rings is 1. The number of halogens is 2. The first-order valence-corrected chi connectivity index (χ1v) is 8.72. The van der Waals surface area contributed by atoms with Gasteiger partial charge in [-0.2, -0.15) is 0 Å². The topological polar surface area (TPSA) is 72.2 Å². The lowest BCUT2D eigenvalue weighted by Crippen LogP contribution is -2.13. The van der Waals surface area contributed by atoms with E-state index in [-0.39, 0.29) is 15.6 Å². The van der Waals surface area contributed by atoms with E-state index in [1.54, 1.807) is 19.1 Å². The molecule has 124 valence electrons. The van der Waals surface area contributed by atoms with Gasteiger partial charge in [-0.05, 0) is 30.3 Å². The first kappa shape index (κ1) is 16.5. The Kier molecular flexibility index (Phi) is 4.29. The van der Waals surface area contributed by atoms with Crippen LogP contribution >= 0.6 is 11.6 Å². The molecule has 0 fully saturated rings. The molecule has 3 aromatic rings. The lowest BCUT2D eigenvalue weighted by Gasteiger charge is -2.09. The fraction of sp³-hybridized carbons (Fsp3) is 0.0625. The molecule has 2 aromatic carbocycles. The van der Waals surface area contributed by atoms with Crippen LogP contribution < -0.4 is 4.72 Å². The van der Waals surface area contributed by atoms with Gasteiger partial charge in [0.05, 0.1) is 10.6 Å². The van der Waals surface area contributed by atoms with E-state index >= 15 is 0 Å². The maximum Gasteiger partial charge on any atom is 0.261 e. The van der Waals surface area contributed by atoms with E-state index in [1.807, 2.05) is 0 Å². The highest BCUT2D eigenvalue weighted by Crippen LogP contribution is 2.24. The molecule has 0 amide bonds. The maximum atomic E-state index is 13.8.